The zero-order chi connectivity index (χ0) is 6.85. The SMILES string of the molecule is CCc1nc(O)c(C)[nH]1. The molecule has 1 aromatic heterocycles. The second-order valence-electron chi connectivity index (χ2n) is 1.99. The summed E-state index contributed by atoms with van der Waals surface area (Å²) in [5.41, 5.74) is 0.742. The van der Waals surface area contributed by atoms with Crippen molar-refractivity contribution < 1.29 is 5.11 Å². The maximum absolute atomic E-state index is 8.93. The lowest BCUT2D eigenvalue weighted by Gasteiger charge is -1.81. The van der Waals surface area contributed by atoms with E-state index in [0.29, 0.717) is 0 Å². The normalized spacial score (nSPS) is 10.0. The maximum Gasteiger partial charge on any atom is 0.232 e. The Hall–Kier alpha value is -0.990. The highest BCUT2D eigenvalue weighted by Gasteiger charge is 2.00. The molecule has 0 saturated carbocycles. The largest absolute Gasteiger partial charge is 0.492 e. The van der Waals surface area contributed by atoms with Crippen LogP contribution < -0.4 is 0 Å². The Morgan fingerprint density at radius 1 is 1.67 bits per heavy atom. The molecule has 0 radical (unpaired) electrons. The van der Waals surface area contributed by atoms with Gasteiger partial charge >= 0.3 is 0 Å². The first-order valence-corrected chi connectivity index (χ1v) is 2.98. The van der Waals surface area contributed by atoms with Gasteiger partial charge in [-0.2, -0.15) is 4.98 Å². The number of hydrogen-bond acceptors (Lipinski definition) is 2. The minimum atomic E-state index is 0.117. The molecule has 1 heterocycles. The van der Waals surface area contributed by atoms with Crippen molar-refractivity contribution in [2.75, 3.05) is 0 Å². The fourth-order valence-electron chi connectivity index (χ4n) is 0.679. The molecule has 0 spiro atoms. The van der Waals surface area contributed by atoms with Crippen LogP contribution in [0.2, 0.25) is 0 Å². The zero-order valence-electron chi connectivity index (χ0n) is 5.60. The van der Waals surface area contributed by atoms with Crippen molar-refractivity contribution in [3.8, 4) is 5.88 Å². The van der Waals surface area contributed by atoms with E-state index in [2.05, 4.69) is 9.97 Å². The predicted molar refractivity (Wildman–Crippen MR) is 34.4 cm³/mol. The topological polar surface area (TPSA) is 48.9 Å². The Bertz CT molecular complexity index is 185. The smallest absolute Gasteiger partial charge is 0.232 e. The Labute approximate surface area is 53.7 Å². The van der Waals surface area contributed by atoms with Crippen molar-refractivity contribution >= 4 is 0 Å². The number of nitrogens with one attached hydrogen (secondary N) is 1. The molecule has 0 unspecified atom stereocenters. The van der Waals surface area contributed by atoms with E-state index < -0.39 is 0 Å². The quantitative estimate of drug-likeness (QED) is 0.589. The summed E-state index contributed by atoms with van der Waals surface area (Å²) >= 11 is 0. The number of H-pyrrole nitrogens is 1. The highest BCUT2D eigenvalue weighted by atomic mass is 16.3. The molecule has 9 heavy (non-hydrogen) atoms. The molecule has 0 bridgehead atoms. The van der Waals surface area contributed by atoms with Crippen LogP contribution in [-0.2, 0) is 6.42 Å². The third-order valence-corrected chi connectivity index (χ3v) is 1.24. The first kappa shape index (κ1) is 6.13. The fourth-order valence-corrected chi connectivity index (χ4v) is 0.679. The average Bonchev–Trinajstić information content (AvgIpc) is 2.13. The van der Waals surface area contributed by atoms with Gasteiger partial charge in [0.1, 0.15) is 5.82 Å². The van der Waals surface area contributed by atoms with Gasteiger partial charge in [0.15, 0.2) is 0 Å². The standard InChI is InChI=1S/C6H10N2O/c1-3-5-7-4(2)6(9)8-5/h9H,3H2,1-2H3,(H,7,8). The summed E-state index contributed by atoms with van der Waals surface area (Å²) in [6, 6.07) is 0. The molecular weight excluding hydrogens is 116 g/mol. The molecule has 0 fully saturated rings. The van der Waals surface area contributed by atoms with E-state index in [0.717, 1.165) is 17.9 Å². The molecule has 0 saturated heterocycles. The van der Waals surface area contributed by atoms with Gasteiger partial charge in [0.2, 0.25) is 5.88 Å². The van der Waals surface area contributed by atoms with Crippen molar-refractivity contribution in [1.82, 2.24) is 9.97 Å². The third kappa shape index (κ3) is 1.04. The summed E-state index contributed by atoms with van der Waals surface area (Å²) in [5.74, 6) is 0.955. The molecule has 50 valence electrons. The number of aromatic hydroxyl groups is 1. The monoisotopic (exact) mass is 126 g/mol. The Balaban J connectivity index is 2.98. The average molecular weight is 126 g/mol. The molecule has 1 rings (SSSR count). The molecular formula is C6H10N2O. The highest BCUT2D eigenvalue weighted by molar-refractivity contribution is 5.16. The van der Waals surface area contributed by atoms with Crippen molar-refractivity contribution in [1.29, 1.82) is 0 Å². The van der Waals surface area contributed by atoms with Crippen molar-refractivity contribution in [2.45, 2.75) is 20.3 Å². The zero-order valence-corrected chi connectivity index (χ0v) is 5.60. The van der Waals surface area contributed by atoms with Crippen LogP contribution in [0.3, 0.4) is 0 Å². The number of hydrogen-bond donors (Lipinski definition) is 2. The Morgan fingerprint density at radius 3 is 2.56 bits per heavy atom. The number of aromatic amines is 1. The van der Waals surface area contributed by atoms with Gasteiger partial charge < -0.3 is 10.1 Å². The van der Waals surface area contributed by atoms with Gasteiger partial charge in [-0.15, -0.1) is 0 Å². The number of nitrogens with zero attached hydrogens (tertiary/aromatic N) is 1. The molecule has 3 heteroatoms. The number of imidazole rings is 1. The Morgan fingerprint density at radius 2 is 2.33 bits per heavy atom. The van der Waals surface area contributed by atoms with Crippen LogP contribution in [0.25, 0.3) is 0 Å². The van der Waals surface area contributed by atoms with Crippen LogP contribution in [-0.4, -0.2) is 15.1 Å². The van der Waals surface area contributed by atoms with E-state index in [1.165, 1.54) is 0 Å². The van der Waals surface area contributed by atoms with Gasteiger partial charge in [-0.05, 0) is 6.92 Å². The summed E-state index contributed by atoms with van der Waals surface area (Å²) < 4.78 is 0. The molecule has 0 amide bonds. The molecule has 0 aliphatic heterocycles. The van der Waals surface area contributed by atoms with Crippen LogP contribution in [0.4, 0.5) is 0 Å². The molecule has 3 nitrogen and oxygen atoms in total. The molecule has 0 aliphatic rings. The van der Waals surface area contributed by atoms with Crippen LogP contribution in [0.15, 0.2) is 0 Å². The first-order valence-electron chi connectivity index (χ1n) is 2.98. The van der Waals surface area contributed by atoms with Gasteiger partial charge in [0.25, 0.3) is 0 Å². The summed E-state index contributed by atoms with van der Waals surface area (Å²) in [6.07, 6.45) is 0.835. The molecule has 0 atom stereocenters. The third-order valence-electron chi connectivity index (χ3n) is 1.24. The highest BCUT2D eigenvalue weighted by Crippen LogP contribution is 2.10. The van der Waals surface area contributed by atoms with Crippen LogP contribution in [0.1, 0.15) is 18.4 Å². The van der Waals surface area contributed by atoms with E-state index in [-0.39, 0.29) is 5.88 Å². The van der Waals surface area contributed by atoms with Crippen LogP contribution in [0.5, 0.6) is 5.88 Å². The van der Waals surface area contributed by atoms with Crippen molar-refractivity contribution in [3.05, 3.63) is 11.5 Å². The van der Waals surface area contributed by atoms with Gasteiger partial charge in [0, 0.05) is 6.42 Å². The lowest BCUT2D eigenvalue weighted by molar-refractivity contribution is 0.451. The summed E-state index contributed by atoms with van der Waals surface area (Å²) in [6.45, 7) is 3.78. The van der Waals surface area contributed by atoms with Crippen LogP contribution >= 0.6 is 0 Å². The van der Waals surface area contributed by atoms with Gasteiger partial charge in [-0.3, -0.25) is 0 Å². The lowest BCUT2D eigenvalue weighted by atomic mass is 10.5. The van der Waals surface area contributed by atoms with E-state index in [9.17, 15) is 0 Å². The number of rotatable bonds is 1. The molecule has 2 N–H and O–H groups in total. The number of aryl methyl sites for hydroxylation is 2. The van der Waals surface area contributed by atoms with E-state index in [1.54, 1.807) is 6.92 Å². The van der Waals surface area contributed by atoms with Crippen molar-refractivity contribution in [2.24, 2.45) is 0 Å². The van der Waals surface area contributed by atoms with E-state index in [1.807, 2.05) is 6.92 Å². The molecule has 0 aromatic carbocycles. The fraction of sp³-hybridized carbons (Fsp3) is 0.500. The van der Waals surface area contributed by atoms with E-state index >= 15 is 0 Å². The second kappa shape index (κ2) is 2.09. The second-order valence-corrected chi connectivity index (χ2v) is 1.99. The van der Waals surface area contributed by atoms with E-state index in [4.69, 9.17) is 5.11 Å². The van der Waals surface area contributed by atoms with Crippen molar-refractivity contribution in [3.63, 3.8) is 0 Å². The van der Waals surface area contributed by atoms with Gasteiger partial charge in [-0.1, -0.05) is 6.92 Å². The maximum atomic E-state index is 8.93. The summed E-state index contributed by atoms with van der Waals surface area (Å²) in [4.78, 5) is 6.76. The van der Waals surface area contributed by atoms with Gasteiger partial charge in [-0.25, -0.2) is 0 Å². The first-order chi connectivity index (χ1) is 4.24. The minimum Gasteiger partial charge on any atom is -0.492 e. The summed E-state index contributed by atoms with van der Waals surface area (Å²) in [7, 11) is 0. The minimum absolute atomic E-state index is 0.117. The van der Waals surface area contributed by atoms with Crippen LogP contribution in [0, 0.1) is 6.92 Å². The lowest BCUT2D eigenvalue weighted by Crippen LogP contribution is -1.80. The Kier molecular flexibility index (Phi) is 1.42. The molecule has 1 aromatic rings. The molecule has 0 aliphatic carbocycles. The van der Waals surface area contributed by atoms with Gasteiger partial charge in [0.05, 0.1) is 5.69 Å². The summed E-state index contributed by atoms with van der Waals surface area (Å²) in [5, 5.41) is 8.93. The number of aromatic nitrogens is 2. The predicted octanol–water partition coefficient (Wildman–Crippen LogP) is 0.986.